The number of anilines is 1. The summed E-state index contributed by atoms with van der Waals surface area (Å²) in [6, 6.07) is 5.31. The molecule has 0 aliphatic rings. The Balaban J connectivity index is 2.15. The highest BCUT2D eigenvalue weighted by atomic mass is 16.5. The van der Waals surface area contributed by atoms with E-state index in [1.54, 1.807) is 12.1 Å². The van der Waals surface area contributed by atoms with Gasteiger partial charge in [0, 0.05) is 19.8 Å². The Morgan fingerprint density at radius 3 is 0.980 bits per heavy atom. The van der Waals surface area contributed by atoms with Crippen LogP contribution >= 0.6 is 0 Å². The summed E-state index contributed by atoms with van der Waals surface area (Å²) < 4.78 is 11.3. The zero-order valence-corrected chi connectivity index (χ0v) is 34.4. The first-order chi connectivity index (χ1) is 25.0. The fourth-order valence-electron chi connectivity index (χ4n) is 6.94. The molecule has 0 aliphatic heterocycles. The normalized spacial score (nSPS) is 11.2. The molecule has 1 aromatic carbocycles. The van der Waals surface area contributed by atoms with Crippen LogP contribution in [0.1, 0.15) is 240 Å². The summed E-state index contributed by atoms with van der Waals surface area (Å²) in [7, 11) is 3.85. The maximum absolute atomic E-state index is 13.1. The molecular formula is C46H83NO4. The van der Waals surface area contributed by atoms with Crippen LogP contribution in [0.15, 0.2) is 18.2 Å². The highest BCUT2D eigenvalue weighted by molar-refractivity contribution is 6.04. The van der Waals surface area contributed by atoms with Gasteiger partial charge in [0.15, 0.2) is 0 Å². The second-order valence-electron chi connectivity index (χ2n) is 15.5. The van der Waals surface area contributed by atoms with Gasteiger partial charge in [-0.2, -0.15) is 0 Å². The molecule has 0 saturated heterocycles. The fourth-order valence-corrected chi connectivity index (χ4v) is 6.94. The lowest BCUT2D eigenvalue weighted by Crippen LogP contribution is -2.17. The van der Waals surface area contributed by atoms with E-state index in [0.717, 1.165) is 31.4 Å². The van der Waals surface area contributed by atoms with Crippen LogP contribution in [0.4, 0.5) is 5.69 Å². The number of carbonyl (C=O) groups excluding carboxylic acids is 2. The van der Waals surface area contributed by atoms with E-state index in [9.17, 15) is 9.59 Å². The highest BCUT2D eigenvalue weighted by Gasteiger charge is 2.21. The van der Waals surface area contributed by atoms with E-state index in [1.807, 2.05) is 25.1 Å². The van der Waals surface area contributed by atoms with Gasteiger partial charge in [-0.3, -0.25) is 0 Å². The maximum atomic E-state index is 13.1. The van der Waals surface area contributed by atoms with Crippen LogP contribution in [0.2, 0.25) is 0 Å². The zero-order chi connectivity index (χ0) is 37.0. The van der Waals surface area contributed by atoms with Gasteiger partial charge in [-0.1, -0.05) is 206 Å². The van der Waals surface area contributed by atoms with E-state index in [1.165, 1.54) is 180 Å². The smallest absolute Gasteiger partial charge is 0.339 e. The van der Waals surface area contributed by atoms with Crippen molar-refractivity contribution in [3.05, 3.63) is 29.3 Å². The van der Waals surface area contributed by atoms with E-state index in [2.05, 4.69) is 13.8 Å². The molecule has 0 N–H and O–H groups in total. The number of ether oxygens (including phenoxy) is 2. The molecule has 0 spiro atoms. The highest BCUT2D eigenvalue weighted by Crippen LogP contribution is 2.21. The van der Waals surface area contributed by atoms with Crippen LogP contribution in [0, 0.1) is 0 Å². The average molecular weight is 714 g/mol. The van der Waals surface area contributed by atoms with Crippen LogP contribution in [0.25, 0.3) is 0 Å². The zero-order valence-electron chi connectivity index (χ0n) is 34.4. The van der Waals surface area contributed by atoms with Gasteiger partial charge in [0.05, 0.1) is 24.3 Å². The number of rotatable bonds is 37. The van der Waals surface area contributed by atoms with Crippen LogP contribution in [0.3, 0.4) is 0 Å². The Hall–Kier alpha value is -2.04. The fraction of sp³-hybridized carbons (Fsp3) is 0.826. The number of unbranched alkanes of at least 4 members (excludes halogenated alkanes) is 30. The van der Waals surface area contributed by atoms with E-state index in [-0.39, 0.29) is 0 Å². The lowest BCUT2D eigenvalue weighted by molar-refractivity contribution is 0.0450. The first-order valence-corrected chi connectivity index (χ1v) is 22.2. The lowest BCUT2D eigenvalue weighted by Gasteiger charge is -2.16. The van der Waals surface area contributed by atoms with Crippen LogP contribution in [-0.4, -0.2) is 39.2 Å². The molecule has 1 rings (SSSR count). The Kier molecular flexibility index (Phi) is 32.3. The van der Waals surface area contributed by atoms with E-state index >= 15 is 0 Å². The van der Waals surface area contributed by atoms with Crippen molar-refractivity contribution in [1.29, 1.82) is 0 Å². The number of nitrogens with zero attached hydrogens (tertiary/aromatic N) is 1. The number of benzene rings is 1. The van der Waals surface area contributed by atoms with Crippen molar-refractivity contribution in [3.8, 4) is 0 Å². The Morgan fingerprint density at radius 2 is 0.686 bits per heavy atom. The van der Waals surface area contributed by atoms with Crippen molar-refractivity contribution in [2.24, 2.45) is 0 Å². The molecule has 0 aliphatic carbocycles. The standard InChI is InChI=1S/C46H83NO4/c1-5-7-9-11-13-15-17-19-21-23-25-27-29-31-33-35-39-50-45(48)43-38-37-42(47(3)4)41-44(43)46(49)51-40-36-34-32-30-28-26-24-22-20-18-16-14-12-10-8-6-2/h37-38,41H,5-36,39-40H2,1-4H3. The summed E-state index contributed by atoms with van der Waals surface area (Å²) in [5.74, 6) is -0.871. The monoisotopic (exact) mass is 714 g/mol. The van der Waals surface area contributed by atoms with Crippen molar-refractivity contribution >= 4 is 17.6 Å². The summed E-state index contributed by atoms with van der Waals surface area (Å²) in [4.78, 5) is 28.0. The molecule has 0 unspecified atom stereocenters. The van der Waals surface area contributed by atoms with Gasteiger partial charge in [0.2, 0.25) is 0 Å². The summed E-state index contributed by atoms with van der Waals surface area (Å²) in [6.45, 7) is 5.34. The van der Waals surface area contributed by atoms with E-state index in [0.29, 0.717) is 24.3 Å². The molecule has 0 bridgehead atoms. The predicted octanol–water partition coefficient (Wildman–Crippen LogP) is 14.6. The van der Waals surface area contributed by atoms with Gasteiger partial charge >= 0.3 is 11.9 Å². The second kappa shape index (κ2) is 35.0. The molecule has 0 atom stereocenters. The molecule has 0 radical (unpaired) electrons. The third-order valence-electron chi connectivity index (χ3n) is 10.4. The molecular weight excluding hydrogens is 631 g/mol. The summed E-state index contributed by atoms with van der Waals surface area (Å²) in [5, 5.41) is 0. The molecule has 1 aromatic rings. The Morgan fingerprint density at radius 1 is 0.412 bits per heavy atom. The van der Waals surface area contributed by atoms with Gasteiger partial charge in [0.1, 0.15) is 0 Å². The van der Waals surface area contributed by atoms with Crippen LogP contribution in [-0.2, 0) is 9.47 Å². The van der Waals surface area contributed by atoms with Crippen LogP contribution < -0.4 is 4.90 Å². The molecule has 0 amide bonds. The minimum absolute atomic E-state index is 0.300. The molecule has 0 fully saturated rings. The summed E-state index contributed by atoms with van der Waals surface area (Å²) in [6.07, 6.45) is 42.0. The molecule has 51 heavy (non-hydrogen) atoms. The Bertz CT molecular complexity index is 945. The number of carbonyl (C=O) groups is 2. The Labute approximate surface area is 316 Å². The first kappa shape index (κ1) is 47.0. The van der Waals surface area contributed by atoms with Crippen LogP contribution in [0.5, 0.6) is 0 Å². The van der Waals surface area contributed by atoms with E-state index < -0.39 is 11.9 Å². The third-order valence-corrected chi connectivity index (χ3v) is 10.4. The quantitative estimate of drug-likeness (QED) is 0.0507. The molecule has 296 valence electrons. The minimum atomic E-state index is -0.436. The van der Waals surface area contributed by atoms with Gasteiger partial charge in [-0.25, -0.2) is 9.59 Å². The molecule has 0 heterocycles. The first-order valence-electron chi connectivity index (χ1n) is 22.2. The summed E-state index contributed by atoms with van der Waals surface area (Å²) >= 11 is 0. The topological polar surface area (TPSA) is 55.8 Å². The molecule has 0 saturated carbocycles. The largest absolute Gasteiger partial charge is 0.462 e. The van der Waals surface area contributed by atoms with Crippen molar-refractivity contribution in [3.63, 3.8) is 0 Å². The van der Waals surface area contributed by atoms with Gasteiger partial charge in [0.25, 0.3) is 0 Å². The van der Waals surface area contributed by atoms with E-state index in [4.69, 9.17) is 9.47 Å². The van der Waals surface area contributed by atoms with Gasteiger partial charge in [-0.05, 0) is 31.0 Å². The summed E-state index contributed by atoms with van der Waals surface area (Å²) in [5.41, 5.74) is 1.46. The number of hydrogen-bond acceptors (Lipinski definition) is 5. The van der Waals surface area contributed by atoms with Crippen molar-refractivity contribution in [1.82, 2.24) is 0 Å². The number of esters is 2. The van der Waals surface area contributed by atoms with Crippen molar-refractivity contribution in [2.45, 2.75) is 219 Å². The third kappa shape index (κ3) is 27.3. The average Bonchev–Trinajstić information content (AvgIpc) is 3.13. The predicted molar refractivity (Wildman–Crippen MR) is 220 cm³/mol. The molecule has 0 aromatic heterocycles. The molecule has 5 nitrogen and oxygen atoms in total. The lowest BCUT2D eigenvalue weighted by atomic mass is 10.0. The van der Waals surface area contributed by atoms with Crippen molar-refractivity contribution in [2.75, 3.05) is 32.2 Å². The SMILES string of the molecule is CCCCCCCCCCCCCCCCCCOC(=O)c1ccc(N(C)C)cc1C(=O)OCCCCCCCCCCCCCCCCCC. The maximum Gasteiger partial charge on any atom is 0.339 e. The van der Waals surface area contributed by atoms with Gasteiger partial charge in [-0.15, -0.1) is 0 Å². The number of hydrogen-bond donors (Lipinski definition) is 0. The van der Waals surface area contributed by atoms with Crippen molar-refractivity contribution < 1.29 is 19.1 Å². The van der Waals surface area contributed by atoms with Gasteiger partial charge < -0.3 is 14.4 Å². The molecule has 5 heteroatoms. The second-order valence-corrected chi connectivity index (χ2v) is 15.5. The minimum Gasteiger partial charge on any atom is -0.462 e.